The topological polar surface area (TPSA) is 81.4 Å². The number of hydrogen-bond donors (Lipinski definition) is 1. The van der Waals surface area contributed by atoms with Gasteiger partial charge in [0, 0.05) is 12.6 Å². The van der Waals surface area contributed by atoms with Crippen LogP contribution in [0.2, 0.25) is 0 Å². The highest BCUT2D eigenvalue weighted by Gasteiger charge is 2.14. The van der Waals surface area contributed by atoms with E-state index < -0.39 is 11.5 Å². The molecule has 0 aliphatic carbocycles. The van der Waals surface area contributed by atoms with Crippen LogP contribution in [0.25, 0.3) is 11.3 Å². The number of ether oxygens (including phenoxy) is 1. The highest BCUT2D eigenvalue weighted by atomic mass is 16.5. The zero-order chi connectivity index (χ0) is 15.4. The maximum absolute atomic E-state index is 11.7. The van der Waals surface area contributed by atoms with Crippen LogP contribution in [0.5, 0.6) is 5.75 Å². The number of aromatic nitrogens is 2. The van der Waals surface area contributed by atoms with Crippen molar-refractivity contribution < 1.29 is 14.6 Å². The number of rotatable bonds is 5. The Kier molecular flexibility index (Phi) is 4.37. The van der Waals surface area contributed by atoms with Gasteiger partial charge in [0.15, 0.2) is 0 Å². The third kappa shape index (κ3) is 3.28. The first-order valence-electron chi connectivity index (χ1n) is 6.57. The third-order valence-corrected chi connectivity index (χ3v) is 2.90. The Hall–Kier alpha value is -2.63. The molecule has 1 aromatic heterocycles. The standard InChI is InChI=1S/C15H16N2O4/c1-3-7-21-11-6-4-5-10(8-11)13-9-12(15(19)20)14(18)17(2)16-13/h4-6,8-9H,3,7H2,1-2H3,(H,19,20). The van der Waals surface area contributed by atoms with E-state index in [1.807, 2.05) is 13.0 Å². The molecule has 0 spiro atoms. The molecule has 2 aromatic rings. The number of aromatic carboxylic acids is 1. The molecule has 1 N–H and O–H groups in total. The van der Waals surface area contributed by atoms with Crippen molar-refractivity contribution in [2.24, 2.45) is 7.05 Å². The third-order valence-electron chi connectivity index (χ3n) is 2.90. The molecule has 0 aliphatic rings. The van der Waals surface area contributed by atoms with E-state index >= 15 is 0 Å². The SMILES string of the molecule is CCCOc1cccc(-c2cc(C(=O)O)c(=O)n(C)n2)c1. The first-order chi connectivity index (χ1) is 10.0. The molecule has 0 amide bonds. The van der Waals surface area contributed by atoms with E-state index in [0.717, 1.165) is 11.1 Å². The minimum absolute atomic E-state index is 0.303. The molecular weight excluding hydrogens is 272 g/mol. The van der Waals surface area contributed by atoms with Crippen molar-refractivity contribution >= 4 is 5.97 Å². The van der Waals surface area contributed by atoms with E-state index in [0.29, 0.717) is 23.6 Å². The molecule has 0 aliphatic heterocycles. The van der Waals surface area contributed by atoms with Crippen LogP contribution in [-0.2, 0) is 7.05 Å². The fraction of sp³-hybridized carbons (Fsp3) is 0.267. The average molecular weight is 288 g/mol. The van der Waals surface area contributed by atoms with Gasteiger partial charge in [-0.15, -0.1) is 0 Å². The second kappa shape index (κ2) is 6.21. The molecule has 0 radical (unpaired) electrons. The van der Waals surface area contributed by atoms with Crippen LogP contribution >= 0.6 is 0 Å². The van der Waals surface area contributed by atoms with Crippen molar-refractivity contribution in [1.82, 2.24) is 9.78 Å². The molecule has 1 aromatic carbocycles. The minimum atomic E-state index is -1.27. The van der Waals surface area contributed by atoms with Crippen molar-refractivity contribution in [3.63, 3.8) is 0 Å². The van der Waals surface area contributed by atoms with Crippen molar-refractivity contribution in [3.05, 3.63) is 46.2 Å². The number of carboxylic acids is 1. The van der Waals surface area contributed by atoms with Crippen LogP contribution in [0.4, 0.5) is 0 Å². The number of benzene rings is 1. The van der Waals surface area contributed by atoms with E-state index in [1.54, 1.807) is 18.2 Å². The molecular formula is C15H16N2O4. The zero-order valence-corrected chi connectivity index (χ0v) is 11.9. The summed E-state index contributed by atoms with van der Waals surface area (Å²) in [4.78, 5) is 22.8. The molecule has 1 heterocycles. The highest BCUT2D eigenvalue weighted by molar-refractivity contribution is 5.88. The Bertz CT molecular complexity index is 722. The van der Waals surface area contributed by atoms with Gasteiger partial charge in [-0.05, 0) is 24.6 Å². The Morgan fingerprint density at radius 2 is 2.14 bits per heavy atom. The first kappa shape index (κ1) is 14.8. The summed E-state index contributed by atoms with van der Waals surface area (Å²) in [5.41, 5.74) is 0.171. The normalized spacial score (nSPS) is 10.4. The van der Waals surface area contributed by atoms with E-state index in [9.17, 15) is 9.59 Å². The lowest BCUT2D eigenvalue weighted by Gasteiger charge is -2.08. The number of carboxylic acid groups (broad SMARTS) is 1. The predicted molar refractivity (Wildman–Crippen MR) is 77.7 cm³/mol. The Labute approximate surface area is 121 Å². The lowest BCUT2D eigenvalue weighted by Crippen LogP contribution is -2.26. The number of carbonyl (C=O) groups is 1. The molecule has 0 atom stereocenters. The van der Waals surface area contributed by atoms with Gasteiger partial charge in [0.25, 0.3) is 5.56 Å². The monoisotopic (exact) mass is 288 g/mol. The lowest BCUT2D eigenvalue weighted by molar-refractivity contribution is 0.0694. The average Bonchev–Trinajstić information content (AvgIpc) is 2.47. The second-order valence-electron chi connectivity index (χ2n) is 4.55. The van der Waals surface area contributed by atoms with Gasteiger partial charge in [0.1, 0.15) is 11.3 Å². The summed E-state index contributed by atoms with van der Waals surface area (Å²) < 4.78 is 6.56. The first-order valence-corrected chi connectivity index (χ1v) is 6.57. The summed E-state index contributed by atoms with van der Waals surface area (Å²) in [5.74, 6) is -0.584. The van der Waals surface area contributed by atoms with Crippen molar-refractivity contribution in [1.29, 1.82) is 0 Å². The van der Waals surface area contributed by atoms with Crippen molar-refractivity contribution in [2.45, 2.75) is 13.3 Å². The Morgan fingerprint density at radius 3 is 2.81 bits per heavy atom. The summed E-state index contributed by atoms with van der Waals surface area (Å²) in [6.07, 6.45) is 0.894. The highest BCUT2D eigenvalue weighted by Crippen LogP contribution is 2.22. The fourth-order valence-electron chi connectivity index (χ4n) is 1.87. The van der Waals surface area contributed by atoms with Crippen LogP contribution in [-0.4, -0.2) is 27.5 Å². The lowest BCUT2D eigenvalue weighted by atomic mass is 10.1. The van der Waals surface area contributed by atoms with Gasteiger partial charge < -0.3 is 9.84 Å². The smallest absolute Gasteiger partial charge is 0.341 e. The van der Waals surface area contributed by atoms with Crippen molar-refractivity contribution in [2.75, 3.05) is 6.61 Å². The second-order valence-corrected chi connectivity index (χ2v) is 4.55. The maximum Gasteiger partial charge on any atom is 0.341 e. The summed E-state index contributed by atoms with van der Waals surface area (Å²) >= 11 is 0. The number of nitrogens with zero attached hydrogens (tertiary/aromatic N) is 2. The largest absolute Gasteiger partial charge is 0.494 e. The van der Waals surface area contributed by atoms with E-state index in [-0.39, 0.29) is 5.56 Å². The van der Waals surface area contributed by atoms with Gasteiger partial charge in [0.05, 0.1) is 12.3 Å². The van der Waals surface area contributed by atoms with Gasteiger partial charge in [-0.1, -0.05) is 19.1 Å². The Balaban J connectivity index is 2.47. The van der Waals surface area contributed by atoms with Crippen LogP contribution in [0.15, 0.2) is 35.1 Å². The van der Waals surface area contributed by atoms with Gasteiger partial charge in [-0.25, -0.2) is 9.48 Å². The molecule has 6 nitrogen and oxygen atoms in total. The molecule has 0 unspecified atom stereocenters. The molecule has 2 rings (SSSR count). The summed E-state index contributed by atoms with van der Waals surface area (Å²) in [6, 6.07) is 8.46. The minimum Gasteiger partial charge on any atom is -0.494 e. The molecule has 0 saturated carbocycles. The summed E-state index contributed by atoms with van der Waals surface area (Å²) in [7, 11) is 1.43. The van der Waals surface area contributed by atoms with Gasteiger partial charge in [0.2, 0.25) is 0 Å². The quantitative estimate of drug-likeness (QED) is 0.909. The molecule has 110 valence electrons. The molecule has 0 fully saturated rings. The van der Waals surface area contributed by atoms with Crippen LogP contribution < -0.4 is 10.3 Å². The van der Waals surface area contributed by atoms with Crippen LogP contribution in [0.1, 0.15) is 23.7 Å². The van der Waals surface area contributed by atoms with E-state index in [2.05, 4.69) is 5.10 Å². The maximum atomic E-state index is 11.7. The fourth-order valence-corrected chi connectivity index (χ4v) is 1.87. The van der Waals surface area contributed by atoms with Crippen molar-refractivity contribution in [3.8, 4) is 17.0 Å². The van der Waals surface area contributed by atoms with Crippen LogP contribution in [0.3, 0.4) is 0 Å². The Morgan fingerprint density at radius 1 is 1.38 bits per heavy atom. The van der Waals surface area contributed by atoms with Gasteiger partial charge >= 0.3 is 5.97 Å². The van der Waals surface area contributed by atoms with Crippen LogP contribution in [0, 0.1) is 0 Å². The molecule has 21 heavy (non-hydrogen) atoms. The molecule has 0 saturated heterocycles. The molecule has 0 bridgehead atoms. The summed E-state index contributed by atoms with van der Waals surface area (Å²) in [6.45, 7) is 2.61. The number of hydrogen-bond acceptors (Lipinski definition) is 4. The predicted octanol–water partition coefficient (Wildman–Crippen LogP) is 1.93. The van der Waals surface area contributed by atoms with E-state index in [4.69, 9.17) is 9.84 Å². The number of aryl methyl sites for hydroxylation is 1. The van der Waals surface area contributed by atoms with E-state index in [1.165, 1.54) is 13.1 Å². The van der Waals surface area contributed by atoms with Gasteiger partial charge in [-0.3, -0.25) is 4.79 Å². The molecule has 6 heteroatoms. The zero-order valence-electron chi connectivity index (χ0n) is 11.9. The van der Waals surface area contributed by atoms with Gasteiger partial charge in [-0.2, -0.15) is 5.10 Å². The summed E-state index contributed by atoms with van der Waals surface area (Å²) in [5, 5.41) is 13.2.